The largest absolute Gasteiger partial charge is 0.475 e. The molecule has 1 aliphatic carbocycles. The van der Waals surface area contributed by atoms with Gasteiger partial charge in [0.05, 0.1) is 6.54 Å². The van der Waals surface area contributed by atoms with Gasteiger partial charge in [-0.1, -0.05) is 0 Å². The molecule has 0 saturated heterocycles. The summed E-state index contributed by atoms with van der Waals surface area (Å²) < 4.78 is 30.4. The zero-order valence-corrected chi connectivity index (χ0v) is 12.4. The molecule has 1 heterocycles. The number of rotatable bonds is 6. The minimum atomic E-state index is -3.98. The number of likely N-dealkylation sites (N-methyl/N-ethyl adjacent to an activating group) is 1. The van der Waals surface area contributed by atoms with Crippen LogP contribution >= 0.6 is 0 Å². The predicted molar refractivity (Wildman–Crippen MR) is 71.4 cm³/mol. The summed E-state index contributed by atoms with van der Waals surface area (Å²) in [7, 11) is -2.72. The molecule has 0 aliphatic heterocycles. The first kappa shape index (κ1) is 15.5. The van der Waals surface area contributed by atoms with Crippen molar-refractivity contribution in [2.24, 2.45) is 0 Å². The number of carbonyl (C=O) groups excluding carboxylic acids is 1. The fourth-order valence-electron chi connectivity index (χ4n) is 1.78. The lowest BCUT2D eigenvalue weighted by Crippen LogP contribution is -2.39. The quantitative estimate of drug-likeness (QED) is 0.773. The van der Waals surface area contributed by atoms with E-state index in [-0.39, 0.29) is 29.1 Å². The normalized spacial score (nSPS) is 15.2. The van der Waals surface area contributed by atoms with Crippen LogP contribution in [0.4, 0.5) is 0 Å². The van der Waals surface area contributed by atoms with E-state index in [0.717, 1.165) is 23.2 Å². The van der Waals surface area contributed by atoms with Crippen LogP contribution in [-0.4, -0.2) is 49.3 Å². The predicted octanol–water partition coefficient (Wildman–Crippen LogP) is 0.185. The molecule has 21 heavy (non-hydrogen) atoms. The van der Waals surface area contributed by atoms with Crippen LogP contribution in [0.3, 0.4) is 0 Å². The molecule has 2 N–H and O–H groups in total. The van der Waals surface area contributed by atoms with Crippen LogP contribution in [0.15, 0.2) is 15.4 Å². The van der Waals surface area contributed by atoms with E-state index in [1.54, 1.807) is 0 Å². The van der Waals surface area contributed by atoms with Gasteiger partial charge in [0.2, 0.25) is 21.7 Å². The number of hydrogen-bond acceptors (Lipinski definition) is 5. The molecule has 1 saturated carbocycles. The average molecular weight is 316 g/mol. The van der Waals surface area contributed by atoms with Crippen molar-refractivity contribution < 1.29 is 27.5 Å². The maximum atomic E-state index is 12.3. The summed E-state index contributed by atoms with van der Waals surface area (Å²) in [6.45, 7) is 1.03. The summed E-state index contributed by atoms with van der Waals surface area (Å²) in [5, 5.41) is 11.5. The molecule has 0 spiro atoms. The molecular weight excluding hydrogens is 300 g/mol. The highest BCUT2D eigenvalue weighted by atomic mass is 32.2. The fraction of sp³-hybridized carbons (Fsp3) is 0.500. The van der Waals surface area contributed by atoms with Gasteiger partial charge in [-0.3, -0.25) is 4.79 Å². The number of carboxylic acid groups (broad SMARTS) is 1. The number of hydrogen-bond donors (Lipinski definition) is 2. The summed E-state index contributed by atoms with van der Waals surface area (Å²) in [6, 6.07) is 1.09. The minimum absolute atomic E-state index is 0.0261. The van der Waals surface area contributed by atoms with Gasteiger partial charge in [0, 0.05) is 19.2 Å². The molecule has 1 aromatic heterocycles. The topological polar surface area (TPSA) is 117 Å². The third-order valence-corrected chi connectivity index (χ3v) is 4.99. The van der Waals surface area contributed by atoms with Gasteiger partial charge < -0.3 is 14.8 Å². The molecular formula is C12H16N2O6S. The van der Waals surface area contributed by atoms with E-state index in [9.17, 15) is 18.0 Å². The smallest absolute Gasteiger partial charge is 0.371 e. The molecule has 9 heteroatoms. The molecule has 0 radical (unpaired) electrons. The second-order valence-electron chi connectivity index (χ2n) is 4.94. The summed E-state index contributed by atoms with van der Waals surface area (Å²) >= 11 is 0. The lowest BCUT2D eigenvalue weighted by atomic mass is 10.4. The Morgan fingerprint density at radius 1 is 1.48 bits per heavy atom. The highest BCUT2D eigenvalue weighted by molar-refractivity contribution is 7.89. The monoisotopic (exact) mass is 316 g/mol. The van der Waals surface area contributed by atoms with Gasteiger partial charge in [-0.15, -0.1) is 0 Å². The first-order valence-corrected chi connectivity index (χ1v) is 7.75. The van der Waals surface area contributed by atoms with Crippen LogP contribution in [0.2, 0.25) is 0 Å². The van der Waals surface area contributed by atoms with Gasteiger partial charge in [-0.25, -0.2) is 13.2 Å². The van der Waals surface area contributed by atoms with Crippen LogP contribution < -0.4 is 5.32 Å². The molecule has 0 unspecified atom stereocenters. The van der Waals surface area contributed by atoms with Gasteiger partial charge in [0.1, 0.15) is 10.7 Å². The molecule has 1 fully saturated rings. The number of nitrogens with zero attached hydrogens (tertiary/aromatic N) is 1. The fourth-order valence-corrected chi connectivity index (χ4v) is 3.07. The summed E-state index contributed by atoms with van der Waals surface area (Å²) in [4.78, 5) is 22.2. The third-order valence-electron chi connectivity index (χ3n) is 3.08. The summed E-state index contributed by atoms with van der Waals surface area (Å²) in [5.41, 5.74) is 0. The van der Waals surface area contributed by atoms with Gasteiger partial charge in [0.25, 0.3) is 0 Å². The Morgan fingerprint density at radius 3 is 2.57 bits per heavy atom. The van der Waals surface area contributed by atoms with E-state index in [1.165, 1.54) is 14.0 Å². The Labute approximate surface area is 121 Å². The van der Waals surface area contributed by atoms with E-state index in [2.05, 4.69) is 5.32 Å². The summed E-state index contributed by atoms with van der Waals surface area (Å²) in [5.74, 6) is -2.22. The minimum Gasteiger partial charge on any atom is -0.475 e. The van der Waals surface area contributed by atoms with Crippen molar-refractivity contribution in [3.05, 3.63) is 17.6 Å². The zero-order chi connectivity index (χ0) is 15.8. The Bertz CT molecular complexity index is 674. The number of carboxylic acids is 1. The average Bonchev–Trinajstić information content (AvgIpc) is 3.07. The van der Waals surface area contributed by atoms with E-state index < -0.39 is 21.8 Å². The third kappa shape index (κ3) is 3.42. The van der Waals surface area contributed by atoms with Crippen molar-refractivity contribution in [3.63, 3.8) is 0 Å². The second kappa shape index (κ2) is 5.49. The summed E-state index contributed by atoms with van der Waals surface area (Å²) in [6.07, 6.45) is 1.82. The van der Waals surface area contributed by atoms with Crippen molar-refractivity contribution in [2.45, 2.75) is 30.7 Å². The van der Waals surface area contributed by atoms with Gasteiger partial charge >= 0.3 is 5.97 Å². The number of amides is 1. The van der Waals surface area contributed by atoms with Crippen LogP contribution in [-0.2, 0) is 14.8 Å². The number of aromatic carboxylic acids is 1. The van der Waals surface area contributed by atoms with Crippen molar-refractivity contribution in [1.82, 2.24) is 9.62 Å². The maximum Gasteiger partial charge on any atom is 0.371 e. The van der Waals surface area contributed by atoms with Crippen molar-refractivity contribution in [1.29, 1.82) is 0 Å². The first-order valence-electron chi connectivity index (χ1n) is 6.31. The van der Waals surface area contributed by atoms with E-state index in [0.29, 0.717) is 0 Å². The lowest BCUT2D eigenvalue weighted by molar-refractivity contribution is -0.121. The highest BCUT2D eigenvalue weighted by Gasteiger charge is 2.30. The maximum absolute atomic E-state index is 12.3. The Hall–Kier alpha value is -1.87. The Kier molecular flexibility index (Phi) is 4.06. The van der Waals surface area contributed by atoms with Crippen LogP contribution in [0.5, 0.6) is 0 Å². The highest BCUT2D eigenvalue weighted by Crippen LogP contribution is 2.23. The molecule has 0 atom stereocenters. The Morgan fingerprint density at radius 2 is 2.10 bits per heavy atom. The van der Waals surface area contributed by atoms with Gasteiger partial charge in [0.15, 0.2) is 0 Å². The van der Waals surface area contributed by atoms with Crippen LogP contribution in [0, 0.1) is 6.92 Å². The molecule has 8 nitrogen and oxygen atoms in total. The van der Waals surface area contributed by atoms with Crippen LogP contribution in [0.25, 0.3) is 0 Å². The molecule has 1 aliphatic rings. The first-order chi connectivity index (χ1) is 9.71. The molecule has 116 valence electrons. The lowest BCUT2D eigenvalue weighted by Gasteiger charge is -2.16. The van der Waals surface area contributed by atoms with Crippen molar-refractivity contribution in [3.8, 4) is 0 Å². The van der Waals surface area contributed by atoms with E-state index >= 15 is 0 Å². The standard InChI is InChI=1S/C12H16N2O6S/c1-7-10(5-9(20-7)12(16)17)21(18,19)14(2)6-11(15)13-8-3-4-8/h5,8H,3-4,6H2,1-2H3,(H,13,15)(H,16,17). The second-order valence-corrected chi connectivity index (χ2v) is 6.95. The number of nitrogens with one attached hydrogen (secondary N) is 1. The molecule has 0 bridgehead atoms. The SMILES string of the molecule is Cc1oc(C(=O)O)cc1S(=O)(=O)N(C)CC(=O)NC1CC1. The number of aryl methyl sites for hydroxylation is 1. The van der Waals surface area contributed by atoms with Gasteiger partial charge in [-0.2, -0.15) is 4.31 Å². The van der Waals surface area contributed by atoms with Gasteiger partial charge in [-0.05, 0) is 19.8 Å². The zero-order valence-electron chi connectivity index (χ0n) is 11.6. The molecule has 1 amide bonds. The molecule has 0 aromatic carbocycles. The van der Waals surface area contributed by atoms with Crippen LogP contribution in [0.1, 0.15) is 29.2 Å². The Balaban J connectivity index is 2.15. The number of carbonyl (C=O) groups is 2. The van der Waals surface area contributed by atoms with E-state index in [1.807, 2.05) is 0 Å². The van der Waals surface area contributed by atoms with Crippen molar-refractivity contribution >= 4 is 21.9 Å². The number of furan rings is 1. The number of sulfonamides is 1. The molecule has 2 rings (SSSR count). The van der Waals surface area contributed by atoms with E-state index in [4.69, 9.17) is 9.52 Å². The van der Waals surface area contributed by atoms with Crippen molar-refractivity contribution in [2.75, 3.05) is 13.6 Å². The molecule has 1 aromatic rings.